The fourth-order valence-electron chi connectivity index (χ4n) is 0.979. The number of carbonyl (C=O) groups is 2. The summed E-state index contributed by atoms with van der Waals surface area (Å²) in [6.07, 6.45) is 0.416. The smallest absolute Gasteiger partial charge is 0.298 e. The van der Waals surface area contributed by atoms with Gasteiger partial charge in [0.25, 0.3) is 5.91 Å². The van der Waals surface area contributed by atoms with Crippen molar-refractivity contribution in [1.82, 2.24) is 4.72 Å². The molecule has 0 aromatic heterocycles. The summed E-state index contributed by atoms with van der Waals surface area (Å²) in [5.74, 6) is -1.06. The molecule has 0 unspecified atom stereocenters. The molecule has 0 spiro atoms. The number of rotatable bonds is 3. The van der Waals surface area contributed by atoms with Gasteiger partial charge in [-0.2, -0.15) is 8.42 Å². The number of nitrogens with one attached hydrogen (secondary N) is 1. The van der Waals surface area contributed by atoms with Gasteiger partial charge in [-0.15, -0.1) is 0 Å². The van der Waals surface area contributed by atoms with E-state index in [0.717, 1.165) is 0 Å². The standard InChI is InChI=1S/C8H7NO5S/c10-5-6-3-1-2-4-7(6)8(11)9-15(12,13)14/h1-5H,(H,9,11)(H,12,13,14). The minimum atomic E-state index is -4.61. The van der Waals surface area contributed by atoms with Gasteiger partial charge in [0.05, 0.1) is 5.56 Å². The summed E-state index contributed by atoms with van der Waals surface area (Å²) in [5.41, 5.74) is -0.0798. The summed E-state index contributed by atoms with van der Waals surface area (Å²) < 4.78 is 30.4. The molecule has 1 aromatic rings. The van der Waals surface area contributed by atoms with Crippen LogP contribution in [0, 0.1) is 0 Å². The third-order valence-electron chi connectivity index (χ3n) is 1.55. The minimum Gasteiger partial charge on any atom is -0.298 e. The Morgan fingerprint density at radius 3 is 2.47 bits per heavy atom. The van der Waals surface area contributed by atoms with Crippen molar-refractivity contribution in [3.63, 3.8) is 0 Å². The molecule has 6 nitrogen and oxygen atoms in total. The quantitative estimate of drug-likeness (QED) is 0.562. The van der Waals surface area contributed by atoms with Gasteiger partial charge in [-0.25, -0.2) is 4.72 Å². The zero-order chi connectivity index (χ0) is 11.5. The Hall–Kier alpha value is -1.73. The van der Waals surface area contributed by atoms with Crippen LogP contribution in [0.25, 0.3) is 0 Å². The van der Waals surface area contributed by atoms with Crippen molar-refractivity contribution < 1.29 is 22.6 Å². The highest BCUT2D eigenvalue weighted by molar-refractivity contribution is 7.84. The van der Waals surface area contributed by atoms with Gasteiger partial charge in [-0.3, -0.25) is 14.1 Å². The monoisotopic (exact) mass is 229 g/mol. The van der Waals surface area contributed by atoms with Crippen molar-refractivity contribution in [3.8, 4) is 0 Å². The Labute approximate surface area is 85.8 Å². The van der Waals surface area contributed by atoms with Gasteiger partial charge in [0, 0.05) is 5.56 Å². The minimum absolute atomic E-state index is 0.0404. The molecule has 7 heteroatoms. The van der Waals surface area contributed by atoms with Crippen molar-refractivity contribution in [1.29, 1.82) is 0 Å². The molecule has 0 fully saturated rings. The van der Waals surface area contributed by atoms with Crippen LogP contribution in [-0.4, -0.2) is 25.2 Å². The van der Waals surface area contributed by atoms with Crippen LogP contribution < -0.4 is 4.72 Å². The van der Waals surface area contributed by atoms with E-state index in [9.17, 15) is 18.0 Å². The van der Waals surface area contributed by atoms with Crippen LogP contribution in [0.5, 0.6) is 0 Å². The molecule has 0 aliphatic heterocycles. The second-order valence-electron chi connectivity index (χ2n) is 2.61. The predicted molar refractivity (Wildman–Crippen MR) is 50.8 cm³/mol. The third kappa shape index (κ3) is 3.15. The molecule has 0 heterocycles. The summed E-state index contributed by atoms with van der Waals surface area (Å²) in [5, 5.41) is 0. The molecule has 0 saturated carbocycles. The highest BCUT2D eigenvalue weighted by Crippen LogP contribution is 2.05. The SMILES string of the molecule is O=Cc1ccccc1C(=O)NS(=O)(=O)O. The molecule has 0 saturated heterocycles. The van der Waals surface area contributed by atoms with Crippen molar-refractivity contribution >= 4 is 22.5 Å². The molecule has 80 valence electrons. The Kier molecular flexibility index (Phi) is 3.17. The van der Waals surface area contributed by atoms with Crippen molar-refractivity contribution in [2.75, 3.05) is 0 Å². The first kappa shape index (κ1) is 11.3. The first-order chi connectivity index (χ1) is 6.94. The van der Waals surface area contributed by atoms with Gasteiger partial charge < -0.3 is 0 Å². The molecule has 1 rings (SSSR count). The van der Waals surface area contributed by atoms with Crippen molar-refractivity contribution in [3.05, 3.63) is 35.4 Å². The number of hydrogen-bond donors (Lipinski definition) is 2. The van der Waals surface area contributed by atoms with Gasteiger partial charge >= 0.3 is 10.3 Å². The highest BCUT2D eigenvalue weighted by Gasteiger charge is 2.15. The third-order valence-corrected chi connectivity index (χ3v) is 2.00. The van der Waals surface area contributed by atoms with E-state index < -0.39 is 16.2 Å². The lowest BCUT2D eigenvalue weighted by Gasteiger charge is -2.03. The maximum Gasteiger partial charge on any atom is 0.359 e. The summed E-state index contributed by atoms with van der Waals surface area (Å²) in [6.45, 7) is 0. The molecule has 1 aromatic carbocycles. The number of amides is 1. The maximum absolute atomic E-state index is 11.2. The lowest BCUT2D eigenvalue weighted by molar-refractivity contribution is 0.0972. The van der Waals surface area contributed by atoms with E-state index in [1.165, 1.54) is 29.0 Å². The summed E-state index contributed by atoms with van der Waals surface area (Å²) in [4.78, 5) is 21.7. The van der Waals surface area contributed by atoms with E-state index in [0.29, 0.717) is 6.29 Å². The van der Waals surface area contributed by atoms with Crippen LogP contribution in [-0.2, 0) is 10.3 Å². The number of aldehydes is 1. The fourth-order valence-corrected chi connectivity index (χ4v) is 1.32. The predicted octanol–water partition coefficient (Wildman–Crippen LogP) is 0.0317. The van der Waals surface area contributed by atoms with Crippen molar-refractivity contribution in [2.45, 2.75) is 0 Å². The zero-order valence-corrected chi connectivity index (χ0v) is 8.19. The lowest BCUT2D eigenvalue weighted by Crippen LogP contribution is -2.30. The molecular weight excluding hydrogens is 222 g/mol. The lowest BCUT2D eigenvalue weighted by atomic mass is 10.1. The Balaban J connectivity index is 3.06. The fraction of sp³-hybridized carbons (Fsp3) is 0. The van der Waals surface area contributed by atoms with Crippen LogP contribution in [0.15, 0.2) is 24.3 Å². The van der Waals surface area contributed by atoms with E-state index in [4.69, 9.17) is 4.55 Å². The second kappa shape index (κ2) is 4.20. The summed E-state index contributed by atoms with van der Waals surface area (Å²) >= 11 is 0. The summed E-state index contributed by atoms with van der Waals surface area (Å²) in [6, 6.07) is 5.61. The number of benzene rings is 1. The normalized spacial score (nSPS) is 10.7. The highest BCUT2D eigenvalue weighted by atomic mass is 32.2. The van der Waals surface area contributed by atoms with Gasteiger partial charge in [0.15, 0.2) is 6.29 Å². The largest absolute Gasteiger partial charge is 0.359 e. The molecule has 0 atom stereocenters. The van der Waals surface area contributed by atoms with E-state index in [-0.39, 0.29) is 11.1 Å². The molecule has 0 radical (unpaired) electrons. The van der Waals surface area contributed by atoms with Gasteiger partial charge in [-0.05, 0) is 6.07 Å². The molecule has 0 aliphatic rings. The molecule has 15 heavy (non-hydrogen) atoms. The Morgan fingerprint density at radius 1 is 1.33 bits per heavy atom. The van der Waals surface area contributed by atoms with Gasteiger partial charge in [0.2, 0.25) is 0 Å². The maximum atomic E-state index is 11.2. The Bertz CT molecular complexity index is 494. The average molecular weight is 229 g/mol. The van der Waals surface area contributed by atoms with Crippen LogP contribution in [0.4, 0.5) is 0 Å². The van der Waals surface area contributed by atoms with Crippen LogP contribution in [0.3, 0.4) is 0 Å². The van der Waals surface area contributed by atoms with E-state index >= 15 is 0 Å². The zero-order valence-electron chi connectivity index (χ0n) is 7.38. The van der Waals surface area contributed by atoms with Gasteiger partial charge in [-0.1, -0.05) is 18.2 Å². The second-order valence-corrected chi connectivity index (χ2v) is 3.77. The molecule has 1 amide bonds. The first-order valence-corrected chi connectivity index (χ1v) is 5.22. The van der Waals surface area contributed by atoms with E-state index in [2.05, 4.69) is 0 Å². The van der Waals surface area contributed by atoms with E-state index in [1.54, 1.807) is 0 Å². The number of carbonyl (C=O) groups excluding carboxylic acids is 2. The van der Waals surface area contributed by atoms with Crippen LogP contribution in [0.1, 0.15) is 20.7 Å². The van der Waals surface area contributed by atoms with Crippen LogP contribution in [0.2, 0.25) is 0 Å². The first-order valence-electron chi connectivity index (χ1n) is 3.78. The number of hydrogen-bond acceptors (Lipinski definition) is 4. The Morgan fingerprint density at radius 2 is 1.93 bits per heavy atom. The molecular formula is C8H7NO5S. The average Bonchev–Trinajstić information content (AvgIpc) is 2.15. The van der Waals surface area contributed by atoms with Gasteiger partial charge in [0.1, 0.15) is 0 Å². The topological polar surface area (TPSA) is 101 Å². The van der Waals surface area contributed by atoms with Crippen molar-refractivity contribution in [2.24, 2.45) is 0 Å². The van der Waals surface area contributed by atoms with E-state index in [1.807, 2.05) is 0 Å². The molecule has 2 N–H and O–H groups in total. The molecule has 0 bridgehead atoms. The van der Waals surface area contributed by atoms with Crippen LogP contribution >= 0.6 is 0 Å². The molecule has 0 aliphatic carbocycles. The summed E-state index contributed by atoms with van der Waals surface area (Å²) in [7, 11) is -4.61.